The molecular weight excluding hydrogens is 266 g/mol. The van der Waals surface area contributed by atoms with Crippen LogP contribution < -0.4 is 0 Å². The normalized spacial score (nSPS) is 19.4. The summed E-state index contributed by atoms with van der Waals surface area (Å²) in [6.45, 7) is 3.25. The van der Waals surface area contributed by atoms with Crippen LogP contribution in [0.4, 0.5) is 0 Å². The number of aliphatic hydroxyl groups excluding tert-OH is 1. The van der Waals surface area contributed by atoms with Crippen molar-refractivity contribution >= 4 is 23.4 Å². The van der Waals surface area contributed by atoms with Crippen molar-refractivity contribution in [1.29, 1.82) is 0 Å². The Balaban J connectivity index is 1.84. The first-order valence-corrected chi connectivity index (χ1v) is 8.03. The van der Waals surface area contributed by atoms with Crippen molar-refractivity contribution < 1.29 is 5.11 Å². The average Bonchev–Trinajstić information content (AvgIpc) is 2.65. The van der Waals surface area contributed by atoms with Gasteiger partial charge in [0, 0.05) is 23.9 Å². The third-order valence-electron chi connectivity index (χ3n) is 3.30. The minimum absolute atomic E-state index is 0.449. The number of rotatable bonds is 4. The highest BCUT2D eigenvalue weighted by atomic mass is 35.5. The van der Waals surface area contributed by atoms with E-state index < -0.39 is 6.10 Å². The molecule has 1 aliphatic heterocycles. The SMILES string of the molecule is OC(CCN1CCCSCC1)c1ccccc1Cl. The minimum atomic E-state index is -0.449. The number of halogens is 1. The molecule has 4 heteroatoms. The number of benzene rings is 1. The highest BCUT2D eigenvalue weighted by molar-refractivity contribution is 7.99. The summed E-state index contributed by atoms with van der Waals surface area (Å²) in [5.41, 5.74) is 0.850. The van der Waals surface area contributed by atoms with Gasteiger partial charge in [0.2, 0.25) is 0 Å². The van der Waals surface area contributed by atoms with Gasteiger partial charge in [-0.05, 0) is 36.8 Å². The van der Waals surface area contributed by atoms with Gasteiger partial charge in [-0.3, -0.25) is 0 Å². The molecule has 1 aliphatic rings. The van der Waals surface area contributed by atoms with Gasteiger partial charge in [-0.25, -0.2) is 0 Å². The van der Waals surface area contributed by atoms with Crippen LogP contribution >= 0.6 is 23.4 Å². The lowest BCUT2D eigenvalue weighted by atomic mass is 10.1. The number of nitrogens with zero attached hydrogens (tertiary/aromatic N) is 1. The lowest BCUT2D eigenvalue weighted by molar-refractivity contribution is 0.144. The summed E-state index contributed by atoms with van der Waals surface area (Å²) in [7, 11) is 0. The fraction of sp³-hybridized carbons (Fsp3) is 0.571. The van der Waals surface area contributed by atoms with Gasteiger partial charge in [-0.1, -0.05) is 29.8 Å². The number of hydrogen-bond donors (Lipinski definition) is 1. The van der Waals surface area contributed by atoms with Crippen LogP contribution in [0, 0.1) is 0 Å². The van der Waals surface area contributed by atoms with Crippen molar-refractivity contribution in [3.05, 3.63) is 34.9 Å². The van der Waals surface area contributed by atoms with Crippen LogP contribution in [-0.4, -0.2) is 41.1 Å². The lowest BCUT2D eigenvalue weighted by Crippen LogP contribution is -2.28. The Morgan fingerprint density at radius 2 is 2.11 bits per heavy atom. The summed E-state index contributed by atoms with van der Waals surface area (Å²) in [5, 5.41) is 10.8. The second-order valence-corrected chi connectivity index (χ2v) is 6.27. The quantitative estimate of drug-likeness (QED) is 0.919. The molecule has 0 saturated carbocycles. The molecule has 0 spiro atoms. The van der Waals surface area contributed by atoms with E-state index in [1.54, 1.807) is 0 Å². The molecule has 0 aliphatic carbocycles. The van der Waals surface area contributed by atoms with E-state index in [-0.39, 0.29) is 0 Å². The Labute approximate surface area is 118 Å². The highest BCUT2D eigenvalue weighted by Gasteiger charge is 2.14. The van der Waals surface area contributed by atoms with Crippen LogP contribution in [0.25, 0.3) is 0 Å². The average molecular weight is 286 g/mol. The maximum atomic E-state index is 10.2. The maximum absolute atomic E-state index is 10.2. The van der Waals surface area contributed by atoms with E-state index in [0.29, 0.717) is 5.02 Å². The van der Waals surface area contributed by atoms with Gasteiger partial charge >= 0.3 is 0 Å². The van der Waals surface area contributed by atoms with Crippen LogP contribution in [0.2, 0.25) is 5.02 Å². The molecule has 0 bridgehead atoms. The van der Waals surface area contributed by atoms with E-state index >= 15 is 0 Å². The molecule has 1 fully saturated rings. The Hall–Kier alpha value is -0.220. The molecule has 2 rings (SSSR count). The lowest BCUT2D eigenvalue weighted by Gasteiger charge is -2.21. The van der Waals surface area contributed by atoms with E-state index in [2.05, 4.69) is 4.90 Å². The number of hydrogen-bond acceptors (Lipinski definition) is 3. The number of aliphatic hydroxyl groups is 1. The van der Waals surface area contributed by atoms with Crippen molar-refractivity contribution in [2.24, 2.45) is 0 Å². The van der Waals surface area contributed by atoms with E-state index in [1.807, 2.05) is 36.0 Å². The fourth-order valence-corrected chi connectivity index (χ4v) is 3.41. The molecule has 0 aromatic heterocycles. The van der Waals surface area contributed by atoms with Gasteiger partial charge in [0.25, 0.3) is 0 Å². The van der Waals surface area contributed by atoms with Crippen molar-refractivity contribution in [3.8, 4) is 0 Å². The Kier molecular flexibility index (Phi) is 5.83. The monoisotopic (exact) mass is 285 g/mol. The largest absolute Gasteiger partial charge is 0.388 e. The zero-order valence-corrected chi connectivity index (χ0v) is 12.1. The summed E-state index contributed by atoms with van der Waals surface area (Å²) >= 11 is 8.12. The van der Waals surface area contributed by atoms with Gasteiger partial charge < -0.3 is 10.0 Å². The summed E-state index contributed by atoms with van der Waals surface area (Å²) in [5.74, 6) is 2.48. The smallest absolute Gasteiger partial charge is 0.0816 e. The van der Waals surface area contributed by atoms with Crippen LogP contribution in [-0.2, 0) is 0 Å². The van der Waals surface area contributed by atoms with Gasteiger partial charge in [0.1, 0.15) is 0 Å². The third-order valence-corrected chi connectivity index (χ3v) is 4.69. The number of thioether (sulfide) groups is 1. The van der Waals surface area contributed by atoms with Crippen LogP contribution in [0.3, 0.4) is 0 Å². The Morgan fingerprint density at radius 1 is 1.28 bits per heavy atom. The van der Waals surface area contributed by atoms with Gasteiger partial charge in [0.15, 0.2) is 0 Å². The van der Waals surface area contributed by atoms with Crippen molar-refractivity contribution in [2.75, 3.05) is 31.1 Å². The first-order valence-electron chi connectivity index (χ1n) is 6.50. The molecule has 1 atom stereocenters. The first-order chi connectivity index (χ1) is 8.77. The van der Waals surface area contributed by atoms with Gasteiger partial charge in [0.05, 0.1) is 6.10 Å². The molecule has 1 heterocycles. The molecular formula is C14H20ClNOS. The van der Waals surface area contributed by atoms with E-state index in [1.165, 1.54) is 17.9 Å². The molecule has 18 heavy (non-hydrogen) atoms. The second kappa shape index (κ2) is 7.39. The van der Waals surface area contributed by atoms with Gasteiger partial charge in [-0.2, -0.15) is 11.8 Å². The van der Waals surface area contributed by atoms with Crippen LogP contribution in [0.5, 0.6) is 0 Å². The summed E-state index contributed by atoms with van der Waals surface area (Å²) in [6.07, 6.45) is 1.57. The molecule has 1 aromatic carbocycles. The molecule has 1 saturated heterocycles. The molecule has 0 radical (unpaired) electrons. The molecule has 1 aromatic rings. The molecule has 100 valence electrons. The molecule has 2 nitrogen and oxygen atoms in total. The van der Waals surface area contributed by atoms with Crippen LogP contribution in [0.1, 0.15) is 24.5 Å². The zero-order valence-electron chi connectivity index (χ0n) is 10.5. The molecule has 0 amide bonds. The molecule has 1 unspecified atom stereocenters. The van der Waals surface area contributed by atoms with Crippen molar-refractivity contribution in [1.82, 2.24) is 4.90 Å². The Bertz CT molecular complexity index is 367. The summed E-state index contributed by atoms with van der Waals surface area (Å²) in [6, 6.07) is 7.56. The van der Waals surface area contributed by atoms with E-state index in [4.69, 9.17) is 11.6 Å². The van der Waals surface area contributed by atoms with Crippen LogP contribution in [0.15, 0.2) is 24.3 Å². The van der Waals surface area contributed by atoms with Crippen molar-refractivity contribution in [3.63, 3.8) is 0 Å². The minimum Gasteiger partial charge on any atom is -0.388 e. The Morgan fingerprint density at radius 3 is 2.94 bits per heavy atom. The predicted molar refractivity (Wildman–Crippen MR) is 79.4 cm³/mol. The second-order valence-electron chi connectivity index (χ2n) is 4.63. The fourth-order valence-electron chi connectivity index (χ4n) is 2.23. The standard InChI is InChI=1S/C14H20ClNOS/c15-13-5-2-1-4-12(13)14(17)6-8-16-7-3-10-18-11-9-16/h1-2,4-5,14,17H,3,6-11H2. The van der Waals surface area contributed by atoms with E-state index in [9.17, 15) is 5.11 Å². The topological polar surface area (TPSA) is 23.5 Å². The predicted octanol–water partition coefficient (Wildman–Crippen LogP) is 3.20. The van der Waals surface area contributed by atoms with Crippen molar-refractivity contribution in [2.45, 2.75) is 18.9 Å². The maximum Gasteiger partial charge on any atom is 0.0816 e. The van der Waals surface area contributed by atoms with Gasteiger partial charge in [-0.15, -0.1) is 0 Å². The molecule has 1 N–H and O–H groups in total. The third kappa shape index (κ3) is 4.16. The summed E-state index contributed by atoms with van der Waals surface area (Å²) in [4.78, 5) is 2.44. The first kappa shape index (κ1) is 14.2. The highest BCUT2D eigenvalue weighted by Crippen LogP contribution is 2.25. The van der Waals surface area contributed by atoms with E-state index in [0.717, 1.165) is 31.6 Å². The zero-order chi connectivity index (χ0) is 12.8. The summed E-state index contributed by atoms with van der Waals surface area (Å²) < 4.78 is 0.